The molecule has 0 aliphatic carbocycles. The summed E-state index contributed by atoms with van der Waals surface area (Å²) in [5.41, 5.74) is 2.01. The van der Waals surface area contributed by atoms with Crippen molar-refractivity contribution in [3.05, 3.63) is 81.3 Å². The van der Waals surface area contributed by atoms with Crippen LogP contribution in [0.25, 0.3) is 0 Å². The zero-order valence-electron chi connectivity index (χ0n) is 15.1. The fourth-order valence-corrected chi connectivity index (χ4v) is 3.58. The highest BCUT2D eigenvalue weighted by atomic mass is 32.1. The number of fused-ring (bicyclic) bond motifs is 1. The molecule has 6 nitrogen and oxygen atoms in total. The Kier molecular flexibility index (Phi) is 5.55. The van der Waals surface area contributed by atoms with Gasteiger partial charge in [-0.2, -0.15) is 11.3 Å². The number of carbonyl (C=O) groups excluding carboxylic acids is 2. The van der Waals surface area contributed by atoms with Crippen LogP contribution in [0.1, 0.15) is 31.8 Å². The highest BCUT2D eigenvalue weighted by Gasteiger charge is 2.20. The molecule has 1 aliphatic rings. The van der Waals surface area contributed by atoms with E-state index >= 15 is 0 Å². The molecule has 0 saturated carbocycles. The highest BCUT2D eigenvalue weighted by molar-refractivity contribution is 7.08. The third kappa shape index (κ3) is 4.28. The molecule has 0 unspecified atom stereocenters. The molecular formula is C21H16FNO5S. The number of hydrogen-bond acceptors (Lipinski definition) is 6. The predicted molar refractivity (Wildman–Crippen MR) is 105 cm³/mol. The zero-order chi connectivity index (χ0) is 20.2. The van der Waals surface area contributed by atoms with Gasteiger partial charge in [0.1, 0.15) is 18.2 Å². The van der Waals surface area contributed by atoms with Crippen LogP contribution in [0.15, 0.2) is 53.2 Å². The number of carbonyl (C=O) groups is 2. The monoisotopic (exact) mass is 413 g/mol. The van der Waals surface area contributed by atoms with Crippen LogP contribution in [0.2, 0.25) is 0 Å². The lowest BCUT2D eigenvalue weighted by molar-refractivity contribution is -0.0182. The second-order valence-corrected chi connectivity index (χ2v) is 7.03. The molecule has 0 saturated heterocycles. The van der Waals surface area contributed by atoms with Gasteiger partial charge in [-0.25, -0.2) is 9.18 Å². The Labute approximate surface area is 169 Å². The van der Waals surface area contributed by atoms with Crippen molar-refractivity contribution in [3.63, 3.8) is 0 Å². The van der Waals surface area contributed by atoms with Gasteiger partial charge in [0.15, 0.2) is 6.79 Å². The number of thiophene rings is 1. The van der Waals surface area contributed by atoms with E-state index in [1.54, 1.807) is 41.1 Å². The number of hydrogen-bond donors (Lipinski definition) is 1. The molecule has 4 rings (SSSR count). The van der Waals surface area contributed by atoms with E-state index in [4.69, 9.17) is 14.2 Å². The van der Waals surface area contributed by atoms with E-state index in [2.05, 4.69) is 5.32 Å². The first-order valence-electron chi connectivity index (χ1n) is 8.73. The van der Waals surface area contributed by atoms with Crippen LogP contribution in [0.4, 0.5) is 10.1 Å². The topological polar surface area (TPSA) is 73.9 Å². The van der Waals surface area contributed by atoms with E-state index in [1.807, 2.05) is 0 Å². The Morgan fingerprint density at radius 1 is 1.21 bits per heavy atom. The molecule has 0 fully saturated rings. The third-order valence-corrected chi connectivity index (χ3v) is 4.97. The number of anilines is 1. The molecule has 1 aliphatic heterocycles. The largest absolute Gasteiger partial charge is 0.467 e. The lowest BCUT2D eigenvalue weighted by atomic mass is 10.1. The molecule has 0 radical (unpaired) electrons. The molecule has 1 aromatic heterocycles. The van der Waals surface area contributed by atoms with Crippen LogP contribution in [-0.4, -0.2) is 18.7 Å². The van der Waals surface area contributed by atoms with Crippen molar-refractivity contribution in [1.29, 1.82) is 0 Å². The average Bonchev–Trinajstić information content (AvgIpc) is 3.27. The molecule has 2 aromatic carbocycles. The SMILES string of the molecule is O=C(Nc1ccccc1C(=O)OCc1cc(F)cc2c1OCOC2)c1ccsc1. The zero-order valence-corrected chi connectivity index (χ0v) is 16.0. The molecule has 3 aromatic rings. The number of benzene rings is 2. The summed E-state index contributed by atoms with van der Waals surface area (Å²) < 4.78 is 29.8. The Balaban J connectivity index is 1.50. The Hall–Kier alpha value is -3.23. The summed E-state index contributed by atoms with van der Waals surface area (Å²) in [7, 11) is 0. The molecule has 1 N–H and O–H groups in total. The molecule has 148 valence electrons. The van der Waals surface area contributed by atoms with E-state index in [1.165, 1.54) is 23.5 Å². The maximum absolute atomic E-state index is 13.8. The van der Waals surface area contributed by atoms with Gasteiger partial charge in [0.2, 0.25) is 0 Å². The first kappa shape index (κ1) is 19.1. The van der Waals surface area contributed by atoms with Crippen molar-refractivity contribution in [3.8, 4) is 5.75 Å². The van der Waals surface area contributed by atoms with Crippen LogP contribution in [-0.2, 0) is 22.7 Å². The minimum absolute atomic E-state index is 0.0526. The summed E-state index contributed by atoms with van der Waals surface area (Å²) in [5, 5.41) is 6.23. The first-order chi connectivity index (χ1) is 14.1. The summed E-state index contributed by atoms with van der Waals surface area (Å²) >= 11 is 1.40. The van der Waals surface area contributed by atoms with Gasteiger partial charge in [-0.1, -0.05) is 12.1 Å². The van der Waals surface area contributed by atoms with Crippen molar-refractivity contribution in [1.82, 2.24) is 0 Å². The minimum Gasteiger partial charge on any atom is -0.467 e. The van der Waals surface area contributed by atoms with Gasteiger partial charge in [-0.3, -0.25) is 4.79 Å². The van der Waals surface area contributed by atoms with Crippen LogP contribution < -0.4 is 10.1 Å². The van der Waals surface area contributed by atoms with Gasteiger partial charge in [0, 0.05) is 16.5 Å². The van der Waals surface area contributed by atoms with Crippen LogP contribution >= 0.6 is 11.3 Å². The van der Waals surface area contributed by atoms with Crippen molar-refractivity contribution in [2.45, 2.75) is 13.2 Å². The maximum Gasteiger partial charge on any atom is 0.340 e. The number of halogens is 1. The van der Waals surface area contributed by atoms with Crippen molar-refractivity contribution in [2.75, 3.05) is 12.1 Å². The van der Waals surface area contributed by atoms with Gasteiger partial charge in [0.05, 0.1) is 23.4 Å². The van der Waals surface area contributed by atoms with Crippen LogP contribution in [0.3, 0.4) is 0 Å². The number of rotatable bonds is 5. The molecule has 0 spiro atoms. The second-order valence-electron chi connectivity index (χ2n) is 6.25. The predicted octanol–water partition coefficient (Wildman–Crippen LogP) is 4.36. The van der Waals surface area contributed by atoms with E-state index in [9.17, 15) is 14.0 Å². The molecule has 8 heteroatoms. The summed E-state index contributed by atoms with van der Waals surface area (Å²) in [6, 6.07) is 10.8. The number of esters is 1. The standard InChI is InChI=1S/C21H16FNO5S/c22-16-7-14-9-26-12-28-19(14)15(8-16)10-27-21(25)17-3-1-2-4-18(17)23-20(24)13-5-6-29-11-13/h1-8,11H,9-10,12H2,(H,23,24). The molecule has 0 bridgehead atoms. The number of ether oxygens (including phenoxy) is 3. The fourth-order valence-electron chi connectivity index (χ4n) is 2.94. The van der Waals surface area contributed by atoms with Gasteiger partial charge < -0.3 is 19.5 Å². The second kappa shape index (κ2) is 8.42. The maximum atomic E-state index is 13.8. The molecule has 29 heavy (non-hydrogen) atoms. The van der Waals surface area contributed by atoms with Gasteiger partial charge in [-0.15, -0.1) is 0 Å². The van der Waals surface area contributed by atoms with E-state index in [-0.39, 0.29) is 31.5 Å². The van der Waals surface area contributed by atoms with E-state index in [0.29, 0.717) is 28.1 Å². The van der Waals surface area contributed by atoms with E-state index < -0.39 is 11.8 Å². The Bertz CT molecular complexity index is 1050. The fraction of sp³-hybridized carbons (Fsp3) is 0.143. The first-order valence-corrected chi connectivity index (χ1v) is 9.67. The van der Waals surface area contributed by atoms with Gasteiger partial charge in [0.25, 0.3) is 5.91 Å². The number of amides is 1. The molecule has 1 amide bonds. The third-order valence-electron chi connectivity index (χ3n) is 4.29. The van der Waals surface area contributed by atoms with Crippen molar-refractivity contribution >= 4 is 28.9 Å². The quantitative estimate of drug-likeness (QED) is 0.629. The van der Waals surface area contributed by atoms with E-state index in [0.717, 1.165) is 0 Å². The lowest BCUT2D eigenvalue weighted by Crippen LogP contribution is -2.16. The summed E-state index contributed by atoms with van der Waals surface area (Å²) in [5.74, 6) is -0.966. The summed E-state index contributed by atoms with van der Waals surface area (Å²) in [4.78, 5) is 24.9. The van der Waals surface area contributed by atoms with Gasteiger partial charge in [-0.05, 0) is 35.7 Å². The highest BCUT2D eigenvalue weighted by Crippen LogP contribution is 2.30. The van der Waals surface area contributed by atoms with Crippen molar-refractivity contribution < 1.29 is 28.2 Å². The molecular weight excluding hydrogens is 397 g/mol. The number of para-hydroxylation sites is 1. The summed E-state index contributed by atoms with van der Waals surface area (Å²) in [6.07, 6.45) is 0. The van der Waals surface area contributed by atoms with Crippen LogP contribution in [0, 0.1) is 5.82 Å². The number of nitrogens with one attached hydrogen (secondary N) is 1. The minimum atomic E-state index is -0.642. The van der Waals surface area contributed by atoms with Crippen LogP contribution in [0.5, 0.6) is 5.75 Å². The average molecular weight is 413 g/mol. The summed E-state index contributed by atoms with van der Waals surface area (Å²) in [6.45, 7) is 0.105. The van der Waals surface area contributed by atoms with Gasteiger partial charge >= 0.3 is 5.97 Å². The Morgan fingerprint density at radius 3 is 2.90 bits per heavy atom. The molecule has 0 atom stereocenters. The normalized spacial score (nSPS) is 12.6. The van der Waals surface area contributed by atoms with Crippen molar-refractivity contribution in [2.24, 2.45) is 0 Å². The Morgan fingerprint density at radius 2 is 2.07 bits per heavy atom. The smallest absolute Gasteiger partial charge is 0.340 e. The molecule has 2 heterocycles. The lowest BCUT2D eigenvalue weighted by Gasteiger charge is -2.20.